The Labute approximate surface area is 234 Å². The maximum Gasteiger partial charge on any atom is 0.148 e. The molecule has 0 saturated carbocycles. The predicted molar refractivity (Wildman–Crippen MR) is 161 cm³/mol. The molecule has 2 N–H and O–H groups in total. The van der Waals surface area contributed by atoms with Crippen LogP contribution >= 0.6 is 0 Å². The Hall–Kier alpha value is -2.61. The maximum absolute atomic E-state index is 15.1. The Bertz CT molecular complexity index is 1140. The van der Waals surface area contributed by atoms with Crippen LogP contribution in [-0.2, 0) is 16.0 Å². The number of allylic oxidation sites excluding steroid dienone is 3. The number of amidine groups is 1. The fourth-order valence-corrected chi connectivity index (χ4v) is 5.00. The van der Waals surface area contributed by atoms with Crippen LogP contribution < -0.4 is 5.73 Å². The van der Waals surface area contributed by atoms with Crippen molar-refractivity contribution in [1.29, 1.82) is 0 Å². The average molecular weight is 539 g/mol. The molecule has 0 radical (unpaired) electrons. The molecule has 0 bridgehead atoms. The van der Waals surface area contributed by atoms with Gasteiger partial charge >= 0.3 is 0 Å². The van der Waals surface area contributed by atoms with Gasteiger partial charge in [0.05, 0.1) is 30.8 Å². The monoisotopic (exact) mass is 538 g/mol. The molecule has 3 heterocycles. The third-order valence-corrected chi connectivity index (χ3v) is 7.11. The van der Waals surface area contributed by atoms with Gasteiger partial charge in [0, 0.05) is 49.5 Å². The van der Waals surface area contributed by atoms with E-state index < -0.39 is 0 Å². The van der Waals surface area contributed by atoms with Gasteiger partial charge in [-0.15, -0.1) is 0 Å². The average Bonchev–Trinajstić information content (AvgIpc) is 2.94. The van der Waals surface area contributed by atoms with Crippen LogP contribution in [0.1, 0.15) is 89.3 Å². The zero-order valence-electron chi connectivity index (χ0n) is 24.5. The normalized spacial score (nSPS) is 19.8. The molecular weight excluding hydrogens is 491 g/mol. The van der Waals surface area contributed by atoms with Crippen molar-refractivity contribution in [2.24, 2.45) is 10.7 Å². The quantitative estimate of drug-likeness (QED) is 0.220. The zero-order valence-corrected chi connectivity index (χ0v) is 24.5. The molecule has 0 amide bonds. The van der Waals surface area contributed by atoms with Crippen molar-refractivity contribution in [2.75, 3.05) is 33.0 Å². The molecule has 6 nitrogen and oxygen atoms in total. The lowest BCUT2D eigenvalue weighted by molar-refractivity contribution is -0.00451. The molecule has 0 aliphatic carbocycles. The summed E-state index contributed by atoms with van der Waals surface area (Å²) in [5, 5.41) is 1.08. The molecule has 39 heavy (non-hydrogen) atoms. The number of aliphatic imine (C=N–C) groups is 1. The van der Waals surface area contributed by atoms with E-state index in [9.17, 15) is 0 Å². The van der Waals surface area contributed by atoms with Crippen molar-refractivity contribution in [1.82, 2.24) is 9.88 Å². The summed E-state index contributed by atoms with van der Waals surface area (Å²) >= 11 is 0. The van der Waals surface area contributed by atoms with Crippen LogP contribution in [0.5, 0.6) is 0 Å². The molecule has 2 aliphatic heterocycles. The Morgan fingerprint density at radius 3 is 2.56 bits per heavy atom. The number of halogens is 1. The van der Waals surface area contributed by atoms with Crippen molar-refractivity contribution in [3.8, 4) is 0 Å². The smallest absolute Gasteiger partial charge is 0.148 e. The van der Waals surface area contributed by atoms with Gasteiger partial charge in [0.2, 0.25) is 0 Å². The highest BCUT2D eigenvalue weighted by atomic mass is 19.1. The Morgan fingerprint density at radius 1 is 1.21 bits per heavy atom. The summed E-state index contributed by atoms with van der Waals surface area (Å²) in [4.78, 5) is 11.2. The van der Waals surface area contributed by atoms with Crippen molar-refractivity contribution < 1.29 is 13.9 Å². The first-order valence-corrected chi connectivity index (χ1v) is 14.5. The third-order valence-electron chi connectivity index (χ3n) is 7.11. The van der Waals surface area contributed by atoms with Crippen molar-refractivity contribution in [2.45, 2.75) is 85.2 Å². The van der Waals surface area contributed by atoms with Gasteiger partial charge in [-0.25, -0.2) is 9.38 Å². The standard InChI is InChI=1S/C27H37FN4O.C5H10O/c1-6-7-8-23(25(28)15-30-20(5)29)21-9-10-26-24(13-21)27(18(2)3)22(14-31-26)16-32-11-12-33-17-19(32)4;1-2-4-6-5-3-1/h8-10,13-15,18-19H,6-7,11-12,16-17H2,1-5H3,(H2,29,30);1-5H2/b23-8+,25-15+;. The molecule has 7 heteroatoms. The lowest BCUT2D eigenvalue weighted by Gasteiger charge is -2.34. The summed E-state index contributed by atoms with van der Waals surface area (Å²) in [6, 6.07) is 6.38. The molecule has 1 aromatic heterocycles. The number of unbranched alkanes of at least 4 members (excludes halogenated alkanes) is 1. The van der Waals surface area contributed by atoms with E-state index in [-0.39, 0.29) is 5.83 Å². The Balaban J connectivity index is 0.000000617. The number of morpholine rings is 1. The first-order chi connectivity index (χ1) is 18.8. The number of hydrogen-bond acceptors (Lipinski definition) is 5. The number of benzene rings is 1. The second kappa shape index (κ2) is 15.8. The first-order valence-electron chi connectivity index (χ1n) is 14.5. The fourth-order valence-electron chi connectivity index (χ4n) is 5.00. The number of pyridine rings is 1. The minimum Gasteiger partial charge on any atom is -0.387 e. The molecule has 2 fully saturated rings. The molecule has 1 unspecified atom stereocenters. The van der Waals surface area contributed by atoms with Crippen LogP contribution in [0, 0.1) is 0 Å². The maximum atomic E-state index is 15.1. The van der Waals surface area contributed by atoms with Crippen LogP contribution in [-0.4, -0.2) is 54.7 Å². The third kappa shape index (κ3) is 9.23. The zero-order chi connectivity index (χ0) is 28.2. The molecule has 2 saturated heterocycles. The van der Waals surface area contributed by atoms with Gasteiger partial charge in [-0.2, -0.15) is 0 Å². The summed E-state index contributed by atoms with van der Waals surface area (Å²) < 4.78 is 25.8. The summed E-state index contributed by atoms with van der Waals surface area (Å²) in [6.07, 6.45) is 10.8. The molecule has 2 aliphatic rings. The SMILES string of the molecule is C1CCOCC1.CCC/C=C(/C(F)=C\N=C(C)N)c1ccc2ncc(CN3CCOCC3C)c(C(C)C)c2c1. The highest BCUT2D eigenvalue weighted by Crippen LogP contribution is 2.33. The van der Waals surface area contributed by atoms with E-state index in [1.54, 1.807) is 6.92 Å². The molecule has 0 spiro atoms. The highest BCUT2D eigenvalue weighted by Gasteiger charge is 2.22. The molecule has 2 aromatic rings. The molecule has 1 atom stereocenters. The van der Waals surface area contributed by atoms with E-state index in [4.69, 9.17) is 20.2 Å². The molecule has 214 valence electrons. The lowest BCUT2D eigenvalue weighted by atomic mass is 9.91. The van der Waals surface area contributed by atoms with Crippen LogP contribution in [0.25, 0.3) is 16.5 Å². The number of nitrogens with two attached hydrogens (primary N) is 1. The second-order valence-electron chi connectivity index (χ2n) is 10.8. The minimum atomic E-state index is -0.384. The van der Waals surface area contributed by atoms with Crippen LogP contribution in [0.2, 0.25) is 0 Å². The van der Waals surface area contributed by atoms with Gasteiger partial charge in [-0.3, -0.25) is 9.88 Å². The highest BCUT2D eigenvalue weighted by molar-refractivity contribution is 5.89. The van der Waals surface area contributed by atoms with Gasteiger partial charge in [0.1, 0.15) is 5.83 Å². The van der Waals surface area contributed by atoms with Crippen LogP contribution in [0.4, 0.5) is 4.39 Å². The number of ether oxygens (including phenoxy) is 2. The van der Waals surface area contributed by atoms with Gasteiger partial charge in [-0.05, 0) is 74.3 Å². The summed E-state index contributed by atoms with van der Waals surface area (Å²) in [6.45, 7) is 15.6. The van der Waals surface area contributed by atoms with E-state index in [0.29, 0.717) is 23.4 Å². The Kier molecular flexibility index (Phi) is 12.6. The van der Waals surface area contributed by atoms with E-state index >= 15 is 4.39 Å². The largest absolute Gasteiger partial charge is 0.387 e. The predicted octanol–water partition coefficient (Wildman–Crippen LogP) is 7.14. The topological polar surface area (TPSA) is 73.0 Å². The van der Waals surface area contributed by atoms with Crippen molar-refractivity contribution in [3.63, 3.8) is 0 Å². The van der Waals surface area contributed by atoms with E-state index in [0.717, 1.165) is 68.8 Å². The Morgan fingerprint density at radius 2 is 1.97 bits per heavy atom. The van der Waals surface area contributed by atoms with Crippen LogP contribution in [0.15, 0.2) is 47.5 Å². The van der Waals surface area contributed by atoms with E-state index in [1.165, 1.54) is 36.6 Å². The first kappa shape index (κ1) is 30.9. The van der Waals surface area contributed by atoms with Crippen LogP contribution in [0.3, 0.4) is 0 Å². The lowest BCUT2D eigenvalue weighted by Crippen LogP contribution is -2.43. The fraction of sp³-hybridized carbons (Fsp3) is 0.562. The van der Waals surface area contributed by atoms with Gasteiger partial charge in [0.15, 0.2) is 0 Å². The summed E-state index contributed by atoms with van der Waals surface area (Å²) in [7, 11) is 0. The summed E-state index contributed by atoms with van der Waals surface area (Å²) in [5.74, 6) is 0.252. The molecule has 1 aromatic carbocycles. The van der Waals surface area contributed by atoms with Crippen molar-refractivity contribution >= 4 is 22.3 Å². The molecular formula is C32H47FN4O2. The number of fused-ring (bicyclic) bond motifs is 1. The van der Waals surface area contributed by atoms with Gasteiger partial charge in [-0.1, -0.05) is 39.3 Å². The number of hydrogen-bond donors (Lipinski definition) is 1. The number of aromatic nitrogens is 1. The summed E-state index contributed by atoms with van der Waals surface area (Å²) in [5.41, 5.74) is 10.4. The molecule has 4 rings (SSSR count). The van der Waals surface area contributed by atoms with E-state index in [1.807, 2.05) is 24.4 Å². The number of rotatable bonds is 8. The number of nitrogens with zero attached hydrogens (tertiary/aromatic N) is 3. The van der Waals surface area contributed by atoms with Gasteiger partial charge in [0.25, 0.3) is 0 Å². The minimum absolute atomic E-state index is 0.310. The second-order valence-corrected chi connectivity index (χ2v) is 10.8. The van der Waals surface area contributed by atoms with E-state index in [2.05, 4.69) is 43.7 Å². The van der Waals surface area contributed by atoms with Gasteiger partial charge < -0.3 is 15.2 Å². The van der Waals surface area contributed by atoms with Crippen molar-refractivity contribution in [3.05, 3.63) is 59.2 Å².